The SMILES string of the molecule is CC1=CC[C@H]2[C@@H]3CC=C4CC(C)CC[C@]4(C)[C@H]3CC[C@]12C. The maximum Gasteiger partial charge on any atom is -0.00850 e. The van der Waals surface area contributed by atoms with Crippen LogP contribution in [0.25, 0.3) is 0 Å². The molecule has 116 valence electrons. The molecule has 1 unspecified atom stereocenters. The van der Waals surface area contributed by atoms with E-state index in [1.807, 2.05) is 5.57 Å². The largest absolute Gasteiger partial charge is 0.0847 e. The lowest BCUT2D eigenvalue weighted by Crippen LogP contribution is -2.49. The molecule has 0 aromatic carbocycles. The Labute approximate surface area is 131 Å². The van der Waals surface area contributed by atoms with Gasteiger partial charge in [0, 0.05) is 0 Å². The molecule has 0 aromatic heterocycles. The fraction of sp³-hybridized carbons (Fsp3) is 0.810. The highest BCUT2D eigenvalue weighted by atomic mass is 14.6. The van der Waals surface area contributed by atoms with Gasteiger partial charge in [0.2, 0.25) is 0 Å². The van der Waals surface area contributed by atoms with Crippen molar-refractivity contribution < 1.29 is 0 Å². The summed E-state index contributed by atoms with van der Waals surface area (Å²) in [6.07, 6.45) is 15.2. The van der Waals surface area contributed by atoms with Crippen LogP contribution < -0.4 is 0 Å². The maximum atomic E-state index is 2.69. The third-order valence-corrected chi connectivity index (χ3v) is 8.32. The highest BCUT2D eigenvalue weighted by molar-refractivity contribution is 5.29. The van der Waals surface area contributed by atoms with E-state index in [0.29, 0.717) is 10.8 Å². The van der Waals surface area contributed by atoms with Crippen molar-refractivity contribution in [2.75, 3.05) is 0 Å². The minimum atomic E-state index is 0.533. The Bertz CT molecular complexity index is 510. The van der Waals surface area contributed by atoms with Crippen molar-refractivity contribution in [1.82, 2.24) is 0 Å². The van der Waals surface area contributed by atoms with E-state index in [1.54, 1.807) is 5.57 Å². The Morgan fingerprint density at radius 2 is 1.71 bits per heavy atom. The molecule has 4 aliphatic carbocycles. The maximum absolute atomic E-state index is 2.69. The van der Waals surface area contributed by atoms with Crippen LogP contribution in [0, 0.1) is 34.5 Å². The summed E-state index contributed by atoms with van der Waals surface area (Å²) in [6, 6.07) is 0. The standard InChI is InChI=1S/C21H32/c1-14-9-11-21(4)16(13-14)6-7-17-18-8-5-15(2)20(18,3)12-10-19(17)21/h5-6,14,17-19H,7-13H2,1-4H3/t14?,17-,18-,19-,20+,21-/m0/s1. The van der Waals surface area contributed by atoms with Crippen molar-refractivity contribution >= 4 is 0 Å². The molecule has 2 saturated carbocycles. The average molecular weight is 284 g/mol. The van der Waals surface area contributed by atoms with Crippen LogP contribution >= 0.6 is 0 Å². The van der Waals surface area contributed by atoms with Crippen LogP contribution in [-0.4, -0.2) is 0 Å². The van der Waals surface area contributed by atoms with Crippen LogP contribution in [0.4, 0.5) is 0 Å². The molecule has 0 N–H and O–H groups in total. The van der Waals surface area contributed by atoms with Crippen molar-refractivity contribution in [3.63, 3.8) is 0 Å². The van der Waals surface area contributed by atoms with Crippen molar-refractivity contribution in [3.05, 3.63) is 23.3 Å². The van der Waals surface area contributed by atoms with Gasteiger partial charge in [-0.25, -0.2) is 0 Å². The molecule has 0 spiro atoms. The minimum Gasteiger partial charge on any atom is -0.0847 e. The molecule has 0 heterocycles. The van der Waals surface area contributed by atoms with Gasteiger partial charge in [0.25, 0.3) is 0 Å². The van der Waals surface area contributed by atoms with Crippen LogP contribution in [0.2, 0.25) is 0 Å². The van der Waals surface area contributed by atoms with E-state index in [9.17, 15) is 0 Å². The van der Waals surface area contributed by atoms with Gasteiger partial charge in [0.05, 0.1) is 0 Å². The molecule has 0 aliphatic heterocycles. The molecular formula is C21H32. The van der Waals surface area contributed by atoms with E-state index in [-0.39, 0.29) is 0 Å². The smallest absolute Gasteiger partial charge is 0.00850 e. The second kappa shape index (κ2) is 4.49. The van der Waals surface area contributed by atoms with E-state index in [0.717, 1.165) is 23.7 Å². The van der Waals surface area contributed by atoms with Crippen LogP contribution in [0.1, 0.15) is 72.6 Å². The van der Waals surface area contributed by atoms with Crippen LogP contribution in [-0.2, 0) is 0 Å². The molecule has 6 atom stereocenters. The molecule has 0 nitrogen and oxygen atoms in total. The fourth-order valence-electron chi connectivity index (χ4n) is 6.62. The molecule has 0 saturated heterocycles. The average Bonchev–Trinajstić information content (AvgIpc) is 2.76. The summed E-state index contributed by atoms with van der Waals surface area (Å²) in [5.41, 5.74) is 4.62. The lowest BCUT2D eigenvalue weighted by Gasteiger charge is -2.57. The van der Waals surface area contributed by atoms with Gasteiger partial charge in [0.15, 0.2) is 0 Å². The topological polar surface area (TPSA) is 0 Å². The molecule has 4 rings (SSSR count). The monoisotopic (exact) mass is 284 g/mol. The zero-order chi connectivity index (χ0) is 14.8. The summed E-state index contributed by atoms with van der Waals surface area (Å²) in [7, 11) is 0. The number of hydrogen-bond donors (Lipinski definition) is 0. The summed E-state index contributed by atoms with van der Waals surface area (Å²) in [5.74, 6) is 3.79. The molecule has 0 amide bonds. The van der Waals surface area contributed by atoms with E-state index in [1.165, 1.54) is 44.9 Å². The van der Waals surface area contributed by atoms with E-state index >= 15 is 0 Å². The van der Waals surface area contributed by atoms with Crippen molar-refractivity contribution in [2.45, 2.75) is 72.6 Å². The van der Waals surface area contributed by atoms with Crippen LogP contribution in [0.3, 0.4) is 0 Å². The van der Waals surface area contributed by atoms with Gasteiger partial charge in [-0.2, -0.15) is 0 Å². The highest BCUT2D eigenvalue weighted by Crippen LogP contribution is 2.65. The number of fused-ring (bicyclic) bond motifs is 5. The van der Waals surface area contributed by atoms with E-state index in [2.05, 4.69) is 39.8 Å². The first-order valence-electron chi connectivity index (χ1n) is 9.32. The fourth-order valence-corrected chi connectivity index (χ4v) is 6.62. The Morgan fingerprint density at radius 1 is 0.952 bits per heavy atom. The second-order valence-corrected chi connectivity index (χ2v) is 9.19. The number of rotatable bonds is 0. The second-order valence-electron chi connectivity index (χ2n) is 9.19. The van der Waals surface area contributed by atoms with Gasteiger partial charge in [0.1, 0.15) is 0 Å². The summed E-state index contributed by atoms with van der Waals surface area (Å²) in [4.78, 5) is 0. The zero-order valence-electron chi connectivity index (χ0n) is 14.4. The molecule has 0 radical (unpaired) electrons. The predicted molar refractivity (Wildman–Crippen MR) is 90.0 cm³/mol. The molecule has 0 heteroatoms. The lowest BCUT2D eigenvalue weighted by molar-refractivity contribution is -0.0202. The highest BCUT2D eigenvalue weighted by Gasteiger charge is 2.55. The number of hydrogen-bond acceptors (Lipinski definition) is 0. The molecule has 2 fully saturated rings. The van der Waals surface area contributed by atoms with E-state index < -0.39 is 0 Å². The number of allylic oxidation sites excluding steroid dienone is 4. The molecule has 0 bridgehead atoms. The summed E-state index contributed by atoms with van der Waals surface area (Å²) < 4.78 is 0. The van der Waals surface area contributed by atoms with Crippen molar-refractivity contribution in [1.29, 1.82) is 0 Å². The summed E-state index contributed by atoms with van der Waals surface area (Å²) in [6.45, 7) is 10.0. The Balaban J connectivity index is 1.68. The van der Waals surface area contributed by atoms with Gasteiger partial charge in [-0.15, -0.1) is 0 Å². The first-order valence-corrected chi connectivity index (χ1v) is 9.32. The summed E-state index contributed by atoms with van der Waals surface area (Å²) in [5, 5.41) is 0. The van der Waals surface area contributed by atoms with Crippen LogP contribution in [0.15, 0.2) is 23.3 Å². The van der Waals surface area contributed by atoms with Gasteiger partial charge in [-0.05, 0) is 86.4 Å². The van der Waals surface area contributed by atoms with Crippen LogP contribution in [0.5, 0.6) is 0 Å². The normalized spacial score (nSPS) is 52.4. The van der Waals surface area contributed by atoms with Gasteiger partial charge < -0.3 is 0 Å². The Morgan fingerprint density at radius 3 is 2.52 bits per heavy atom. The third-order valence-electron chi connectivity index (χ3n) is 8.32. The van der Waals surface area contributed by atoms with Gasteiger partial charge >= 0.3 is 0 Å². The quantitative estimate of drug-likeness (QED) is 0.469. The summed E-state index contributed by atoms with van der Waals surface area (Å²) >= 11 is 0. The third kappa shape index (κ3) is 1.80. The zero-order valence-corrected chi connectivity index (χ0v) is 14.4. The lowest BCUT2D eigenvalue weighted by atomic mass is 9.47. The molecule has 0 aromatic rings. The van der Waals surface area contributed by atoms with Crippen molar-refractivity contribution in [3.8, 4) is 0 Å². The molecule has 21 heavy (non-hydrogen) atoms. The first-order chi connectivity index (χ1) is 9.95. The van der Waals surface area contributed by atoms with Gasteiger partial charge in [-0.1, -0.05) is 44.1 Å². The molecule has 4 aliphatic rings. The van der Waals surface area contributed by atoms with Crippen molar-refractivity contribution in [2.24, 2.45) is 34.5 Å². The molecular weight excluding hydrogens is 252 g/mol. The van der Waals surface area contributed by atoms with Gasteiger partial charge in [-0.3, -0.25) is 0 Å². The van der Waals surface area contributed by atoms with E-state index in [4.69, 9.17) is 0 Å². The minimum absolute atomic E-state index is 0.533. The first kappa shape index (κ1) is 14.1. The Hall–Kier alpha value is -0.520. The predicted octanol–water partition coefficient (Wildman–Crippen LogP) is 6.14. The Kier molecular flexibility index (Phi) is 3.02.